The Morgan fingerprint density at radius 2 is 1.76 bits per heavy atom. The SMILES string of the molecule is Cc1nc(C)c(C(OC(C)(C)C)C(=O)O)c(N2CCC(C)(C)CC2)c1-c1ccc2c(c1)CCN(c1nccc3ncncc13)C2. The van der Waals surface area contributed by atoms with Crippen LogP contribution in [0.3, 0.4) is 0 Å². The van der Waals surface area contributed by atoms with Crippen LogP contribution in [0.15, 0.2) is 43.0 Å². The molecule has 1 saturated heterocycles. The van der Waals surface area contributed by atoms with Crippen molar-refractivity contribution in [3.63, 3.8) is 0 Å². The van der Waals surface area contributed by atoms with E-state index in [1.165, 1.54) is 11.1 Å². The number of aliphatic carboxylic acids is 1. The van der Waals surface area contributed by atoms with Gasteiger partial charge in [-0.1, -0.05) is 32.0 Å². The number of carboxylic acid groups (broad SMARTS) is 1. The van der Waals surface area contributed by atoms with E-state index in [0.717, 1.165) is 84.7 Å². The van der Waals surface area contributed by atoms with E-state index in [2.05, 4.69) is 51.8 Å². The first-order valence-corrected chi connectivity index (χ1v) is 15.9. The minimum Gasteiger partial charge on any atom is -0.479 e. The van der Waals surface area contributed by atoms with E-state index >= 15 is 0 Å². The Hall–Kier alpha value is -4.11. The van der Waals surface area contributed by atoms with Gasteiger partial charge in [-0.05, 0) is 82.1 Å². The lowest BCUT2D eigenvalue weighted by molar-refractivity contribution is -0.160. The molecule has 1 unspecified atom stereocenters. The first-order chi connectivity index (χ1) is 21.3. The second-order valence-corrected chi connectivity index (χ2v) is 14.3. The van der Waals surface area contributed by atoms with E-state index in [4.69, 9.17) is 14.7 Å². The van der Waals surface area contributed by atoms with Crippen molar-refractivity contribution < 1.29 is 14.6 Å². The predicted octanol–water partition coefficient (Wildman–Crippen LogP) is 6.83. The molecule has 6 rings (SSSR count). The van der Waals surface area contributed by atoms with Crippen molar-refractivity contribution in [1.82, 2.24) is 19.9 Å². The summed E-state index contributed by atoms with van der Waals surface area (Å²) in [4.78, 5) is 35.8. The maximum atomic E-state index is 12.8. The molecule has 236 valence electrons. The van der Waals surface area contributed by atoms with Gasteiger partial charge in [0.25, 0.3) is 0 Å². The molecule has 9 heteroatoms. The lowest BCUT2D eigenvalue weighted by Gasteiger charge is -2.41. The van der Waals surface area contributed by atoms with Gasteiger partial charge in [0.1, 0.15) is 12.1 Å². The summed E-state index contributed by atoms with van der Waals surface area (Å²) in [5, 5.41) is 11.5. The number of piperidine rings is 1. The number of rotatable bonds is 6. The number of hydrogen-bond acceptors (Lipinski definition) is 8. The van der Waals surface area contributed by atoms with Crippen LogP contribution in [0.2, 0.25) is 0 Å². The largest absolute Gasteiger partial charge is 0.479 e. The van der Waals surface area contributed by atoms with Gasteiger partial charge in [-0.3, -0.25) is 4.98 Å². The number of aryl methyl sites for hydroxylation is 2. The molecule has 1 N–H and O–H groups in total. The van der Waals surface area contributed by atoms with Crippen molar-refractivity contribution in [3.8, 4) is 11.1 Å². The molecule has 9 nitrogen and oxygen atoms in total. The quantitative estimate of drug-likeness (QED) is 0.252. The van der Waals surface area contributed by atoms with Gasteiger partial charge in [0.2, 0.25) is 0 Å². The molecule has 2 aliphatic rings. The Kier molecular flexibility index (Phi) is 8.01. The summed E-state index contributed by atoms with van der Waals surface area (Å²) in [6.07, 6.45) is 6.99. The van der Waals surface area contributed by atoms with Crippen LogP contribution in [0, 0.1) is 19.3 Å². The Labute approximate surface area is 265 Å². The average molecular weight is 609 g/mol. The van der Waals surface area contributed by atoms with Crippen LogP contribution in [0.4, 0.5) is 11.5 Å². The molecule has 4 aromatic rings. The third kappa shape index (κ3) is 6.23. The number of carboxylic acids is 1. The number of nitrogens with zero attached hydrogens (tertiary/aromatic N) is 6. The molecule has 1 aromatic carbocycles. The fourth-order valence-electron chi connectivity index (χ4n) is 6.79. The van der Waals surface area contributed by atoms with Crippen LogP contribution >= 0.6 is 0 Å². The summed E-state index contributed by atoms with van der Waals surface area (Å²) in [6.45, 7) is 17.5. The topological polar surface area (TPSA) is 105 Å². The molecule has 0 radical (unpaired) electrons. The van der Waals surface area contributed by atoms with Crippen molar-refractivity contribution in [2.45, 2.75) is 86.0 Å². The van der Waals surface area contributed by atoms with Crippen molar-refractivity contribution in [1.29, 1.82) is 0 Å². The van der Waals surface area contributed by atoms with Crippen molar-refractivity contribution >= 4 is 28.4 Å². The minimum absolute atomic E-state index is 0.241. The van der Waals surface area contributed by atoms with E-state index < -0.39 is 17.7 Å². The number of ether oxygens (including phenoxy) is 1. The van der Waals surface area contributed by atoms with Gasteiger partial charge < -0.3 is 19.6 Å². The van der Waals surface area contributed by atoms with E-state index in [9.17, 15) is 9.90 Å². The molecule has 0 amide bonds. The zero-order valence-corrected chi connectivity index (χ0v) is 27.5. The highest BCUT2D eigenvalue weighted by Crippen LogP contribution is 2.45. The highest BCUT2D eigenvalue weighted by atomic mass is 16.5. The third-order valence-corrected chi connectivity index (χ3v) is 9.19. The predicted molar refractivity (Wildman–Crippen MR) is 178 cm³/mol. The van der Waals surface area contributed by atoms with Gasteiger partial charge in [-0.15, -0.1) is 0 Å². The first kappa shape index (κ1) is 30.9. The molecular formula is C36H44N6O3. The van der Waals surface area contributed by atoms with Gasteiger partial charge in [0.15, 0.2) is 6.10 Å². The zero-order valence-electron chi connectivity index (χ0n) is 27.5. The van der Waals surface area contributed by atoms with Gasteiger partial charge in [0.05, 0.1) is 22.2 Å². The standard InChI is InChI=1S/C36H44N6O3/c1-22-29(25-8-9-26-20-42(15-11-24(26)18-25)33-27-19-37-21-39-28(27)10-14-38-33)31(41-16-12-36(6,7)13-17-41)30(23(2)40-22)32(34(43)44)45-35(3,4)5/h8-10,14,18-19,21,32H,11-13,15-17,20H2,1-7H3,(H,43,44). The second kappa shape index (κ2) is 11.7. The molecule has 45 heavy (non-hydrogen) atoms. The molecule has 0 saturated carbocycles. The molecule has 1 fully saturated rings. The molecule has 3 aromatic heterocycles. The summed E-state index contributed by atoms with van der Waals surface area (Å²) in [5.74, 6) is -0.0962. The summed E-state index contributed by atoms with van der Waals surface area (Å²) in [6, 6.07) is 8.58. The van der Waals surface area contributed by atoms with Crippen molar-refractivity contribution in [3.05, 3.63) is 71.1 Å². The lowest BCUT2D eigenvalue weighted by atomic mass is 9.81. The third-order valence-electron chi connectivity index (χ3n) is 9.19. The van der Waals surface area contributed by atoms with Crippen LogP contribution in [0.25, 0.3) is 22.0 Å². The maximum Gasteiger partial charge on any atom is 0.337 e. The van der Waals surface area contributed by atoms with Gasteiger partial charge in [0, 0.05) is 61.1 Å². The normalized spacial score (nSPS) is 17.3. The fraction of sp³-hybridized carbons (Fsp3) is 0.472. The number of aromatic nitrogens is 4. The highest BCUT2D eigenvalue weighted by Gasteiger charge is 2.36. The fourth-order valence-corrected chi connectivity index (χ4v) is 6.79. The Balaban J connectivity index is 1.44. The average Bonchev–Trinajstić information content (AvgIpc) is 2.98. The van der Waals surface area contributed by atoms with Crippen LogP contribution in [-0.2, 0) is 22.5 Å². The summed E-state index contributed by atoms with van der Waals surface area (Å²) in [5.41, 5.74) is 8.28. The van der Waals surface area contributed by atoms with Crippen molar-refractivity contribution in [2.24, 2.45) is 5.41 Å². The van der Waals surface area contributed by atoms with Crippen LogP contribution in [0.5, 0.6) is 0 Å². The number of hydrogen-bond donors (Lipinski definition) is 1. The van der Waals surface area contributed by atoms with Crippen LogP contribution in [-0.4, -0.2) is 56.2 Å². The molecule has 0 aliphatic carbocycles. The van der Waals surface area contributed by atoms with Gasteiger partial charge in [-0.2, -0.15) is 0 Å². The summed E-state index contributed by atoms with van der Waals surface area (Å²) in [7, 11) is 0. The summed E-state index contributed by atoms with van der Waals surface area (Å²) < 4.78 is 6.26. The molecule has 5 heterocycles. The number of anilines is 2. The molecule has 2 aliphatic heterocycles. The van der Waals surface area contributed by atoms with E-state index in [-0.39, 0.29) is 5.41 Å². The number of benzene rings is 1. The van der Waals surface area contributed by atoms with Gasteiger partial charge >= 0.3 is 5.97 Å². The lowest BCUT2D eigenvalue weighted by Crippen LogP contribution is -2.39. The zero-order chi connectivity index (χ0) is 32.1. The number of fused-ring (bicyclic) bond motifs is 2. The Morgan fingerprint density at radius 3 is 2.47 bits per heavy atom. The number of pyridine rings is 2. The van der Waals surface area contributed by atoms with Gasteiger partial charge in [-0.25, -0.2) is 19.7 Å². The van der Waals surface area contributed by atoms with Crippen LogP contribution < -0.4 is 9.80 Å². The molecule has 0 spiro atoms. The highest BCUT2D eigenvalue weighted by molar-refractivity contribution is 5.90. The van der Waals surface area contributed by atoms with E-state index in [1.54, 1.807) is 6.33 Å². The minimum atomic E-state index is -1.13. The molecular weight excluding hydrogens is 564 g/mol. The van der Waals surface area contributed by atoms with Crippen LogP contribution in [0.1, 0.15) is 81.6 Å². The Bertz CT molecular complexity index is 1750. The van der Waals surface area contributed by atoms with E-state index in [0.29, 0.717) is 11.3 Å². The molecule has 0 bridgehead atoms. The second-order valence-electron chi connectivity index (χ2n) is 14.3. The molecule has 1 atom stereocenters. The number of carbonyl (C=O) groups is 1. The first-order valence-electron chi connectivity index (χ1n) is 15.9. The van der Waals surface area contributed by atoms with Crippen molar-refractivity contribution in [2.75, 3.05) is 29.4 Å². The smallest absolute Gasteiger partial charge is 0.337 e. The summed E-state index contributed by atoms with van der Waals surface area (Å²) >= 11 is 0. The Morgan fingerprint density at radius 1 is 1.00 bits per heavy atom. The maximum absolute atomic E-state index is 12.8. The monoisotopic (exact) mass is 608 g/mol. The van der Waals surface area contributed by atoms with E-state index in [1.807, 2.05) is 53.1 Å².